The second kappa shape index (κ2) is 6.92. The van der Waals surface area contributed by atoms with E-state index in [0.717, 1.165) is 36.9 Å². The van der Waals surface area contributed by atoms with Crippen molar-refractivity contribution in [1.29, 1.82) is 0 Å². The molecular formula is C19H19F2N5. The summed E-state index contributed by atoms with van der Waals surface area (Å²) in [5.41, 5.74) is 1.34. The minimum Gasteiger partial charge on any atom is -0.353 e. The summed E-state index contributed by atoms with van der Waals surface area (Å²) in [6.07, 6.45) is 3.26. The first kappa shape index (κ1) is 16.8. The van der Waals surface area contributed by atoms with Crippen LogP contribution in [0.3, 0.4) is 0 Å². The molecule has 7 heteroatoms. The predicted octanol–water partition coefficient (Wildman–Crippen LogP) is 3.01. The van der Waals surface area contributed by atoms with Gasteiger partial charge in [-0.25, -0.2) is 23.7 Å². The van der Waals surface area contributed by atoms with E-state index in [4.69, 9.17) is 0 Å². The van der Waals surface area contributed by atoms with Gasteiger partial charge in [0.15, 0.2) is 5.65 Å². The molecule has 2 aromatic heterocycles. The van der Waals surface area contributed by atoms with E-state index in [1.165, 1.54) is 18.5 Å². The zero-order valence-electron chi connectivity index (χ0n) is 14.4. The van der Waals surface area contributed by atoms with Crippen molar-refractivity contribution in [3.63, 3.8) is 0 Å². The van der Waals surface area contributed by atoms with Gasteiger partial charge in [-0.15, -0.1) is 0 Å². The molecule has 1 aliphatic rings. The lowest BCUT2D eigenvalue weighted by Crippen LogP contribution is -2.51. The zero-order valence-corrected chi connectivity index (χ0v) is 14.4. The highest BCUT2D eigenvalue weighted by atomic mass is 19.1. The van der Waals surface area contributed by atoms with E-state index in [-0.39, 0.29) is 6.04 Å². The van der Waals surface area contributed by atoms with E-state index in [0.29, 0.717) is 17.8 Å². The maximum absolute atomic E-state index is 13.4. The normalized spacial score (nSPS) is 18.4. The Morgan fingerprint density at radius 1 is 1.08 bits per heavy atom. The summed E-state index contributed by atoms with van der Waals surface area (Å²) in [6.45, 7) is 4.98. The highest BCUT2D eigenvalue weighted by Crippen LogP contribution is 2.24. The quantitative estimate of drug-likeness (QED) is 0.723. The van der Waals surface area contributed by atoms with Crippen LogP contribution in [0, 0.1) is 11.6 Å². The number of hydrogen-bond acceptors (Lipinski definition) is 5. The number of rotatable bonds is 3. The molecule has 1 saturated heterocycles. The number of halogens is 2. The third kappa shape index (κ3) is 3.35. The van der Waals surface area contributed by atoms with Crippen molar-refractivity contribution in [2.24, 2.45) is 0 Å². The number of piperazine rings is 1. The second-order valence-electron chi connectivity index (χ2n) is 6.62. The summed E-state index contributed by atoms with van der Waals surface area (Å²) in [4.78, 5) is 17.4. The fourth-order valence-corrected chi connectivity index (χ4v) is 3.49. The number of hydrogen-bond donors (Lipinski definition) is 0. The Morgan fingerprint density at radius 2 is 1.88 bits per heavy atom. The fourth-order valence-electron chi connectivity index (χ4n) is 3.49. The van der Waals surface area contributed by atoms with Crippen LogP contribution < -0.4 is 4.90 Å². The van der Waals surface area contributed by atoms with Gasteiger partial charge >= 0.3 is 0 Å². The average Bonchev–Trinajstić information content (AvgIpc) is 2.62. The number of anilines is 1. The van der Waals surface area contributed by atoms with Crippen LogP contribution in [0.5, 0.6) is 0 Å². The lowest BCUT2D eigenvalue weighted by atomic mass is 10.1. The van der Waals surface area contributed by atoms with Gasteiger partial charge in [0.25, 0.3) is 0 Å². The van der Waals surface area contributed by atoms with Crippen molar-refractivity contribution >= 4 is 16.9 Å². The molecule has 3 heterocycles. The van der Waals surface area contributed by atoms with Crippen molar-refractivity contribution in [2.45, 2.75) is 19.5 Å². The van der Waals surface area contributed by atoms with Crippen LogP contribution in [0.4, 0.5) is 14.6 Å². The van der Waals surface area contributed by atoms with Gasteiger partial charge in [0, 0.05) is 44.5 Å². The van der Waals surface area contributed by atoms with Crippen LogP contribution in [0.1, 0.15) is 12.5 Å². The maximum Gasteiger partial charge on any atom is 0.164 e. The summed E-state index contributed by atoms with van der Waals surface area (Å²) in [6, 6.07) is 7.77. The Hall–Kier alpha value is -2.67. The highest BCUT2D eigenvalue weighted by Gasteiger charge is 2.26. The molecule has 4 rings (SSSR count). The van der Waals surface area contributed by atoms with E-state index >= 15 is 0 Å². The molecule has 1 fully saturated rings. The number of fused-ring (bicyclic) bond motifs is 1. The predicted molar refractivity (Wildman–Crippen MR) is 95.8 cm³/mol. The molecule has 5 nitrogen and oxygen atoms in total. The van der Waals surface area contributed by atoms with Crippen molar-refractivity contribution in [1.82, 2.24) is 19.9 Å². The number of nitrogens with zero attached hydrogens (tertiary/aromatic N) is 5. The Balaban J connectivity index is 1.51. The monoisotopic (exact) mass is 355 g/mol. The number of benzene rings is 1. The first-order valence-electron chi connectivity index (χ1n) is 8.60. The Labute approximate surface area is 150 Å². The molecule has 1 aromatic carbocycles. The summed E-state index contributed by atoms with van der Waals surface area (Å²) in [5.74, 6) is -0.191. The number of pyridine rings is 1. The van der Waals surface area contributed by atoms with Crippen LogP contribution in [0.25, 0.3) is 11.0 Å². The fraction of sp³-hybridized carbons (Fsp3) is 0.316. The van der Waals surface area contributed by atoms with Crippen molar-refractivity contribution in [3.8, 4) is 0 Å². The molecule has 26 heavy (non-hydrogen) atoms. The Bertz CT molecular complexity index is 907. The molecule has 1 atom stereocenters. The van der Waals surface area contributed by atoms with Crippen LogP contribution in [0.2, 0.25) is 0 Å². The van der Waals surface area contributed by atoms with Gasteiger partial charge < -0.3 is 4.90 Å². The first-order valence-corrected chi connectivity index (χ1v) is 8.60. The molecule has 0 N–H and O–H groups in total. The van der Waals surface area contributed by atoms with Crippen molar-refractivity contribution in [2.75, 3.05) is 24.5 Å². The average molecular weight is 355 g/mol. The van der Waals surface area contributed by atoms with Gasteiger partial charge in [0.1, 0.15) is 23.8 Å². The third-order valence-corrected chi connectivity index (χ3v) is 4.76. The van der Waals surface area contributed by atoms with Crippen LogP contribution in [-0.2, 0) is 6.54 Å². The summed E-state index contributed by atoms with van der Waals surface area (Å²) < 4.78 is 26.8. The third-order valence-electron chi connectivity index (χ3n) is 4.76. The minimum atomic E-state index is -0.536. The van der Waals surface area contributed by atoms with Gasteiger partial charge in [-0.1, -0.05) is 0 Å². The van der Waals surface area contributed by atoms with E-state index in [1.54, 1.807) is 6.20 Å². The molecule has 0 aliphatic carbocycles. The molecule has 1 unspecified atom stereocenters. The van der Waals surface area contributed by atoms with E-state index < -0.39 is 11.6 Å². The topological polar surface area (TPSA) is 45.2 Å². The molecular weight excluding hydrogens is 336 g/mol. The highest BCUT2D eigenvalue weighted by molar-refractivity contribution is 5.86. The van der Waals surface area contributed by atoms with Crippen molar-refractivity contribution < 1.29 is 8.78 Å². The summed E-state index contributed by atoms with van der Waals surface area (Å²) >= 11 is 0. The van der Waals surface area contributed by atoms with Gasteiger partial charge in [0.05, 0.1) is 5.39 Å². The lowest BCUT2D eigenvalue weighted by Gasteiger charge is -2.40. The molecule has 0 bridgehead atoms. The molecule has 134 valence electrons. The summed E-state index contributed by atoms with van der Waals surface area (Å²) in [7, 11) is 0. The minimum absolute atomic E-state index is 0.219. The molecule has 0 saturated carbocycles. The van der Waals surface area contributed by atoms with Crippen LogP contribution >= 0.6 is 0 Å². The van der Waals surface area contributed by atoms with E-state index in [2.05, 4.69) is 31.7 Å². The van der Waals surface area contributed by atoms with E-state index in [1.807, 2.05) is 12.1 Å². The Kier molecular flexibility index (Phi) is 4.46. The molecule has 0 amide bonds. The molecule has 3 aromatic rings. The van der Waals surface area contributed by atoms with Crippen molar-refractivity contribution in [3.05, 3.63) is 60.1 Å². The lowest BCUT2D eigenvalue weighted by molar-refractivity contribution is 0.180. The standard InChI is InChI=1S/C19H19F2N5/c1-13-10-26(19-17-3-2-4-22-18(17)23-12-24-19)6-5-25(13)11-14-7-15(20)9-16(21)8-14/h2-4,7-9,12-13H,5-6,10-11H2,1H3. The van der Waals surface area contributed by atoms with Gasteiger partial charge in [-0.3, -0.25) is 4.90 Å². The second-order valence-corrected chi connectivity index (χ2v) is 6.62. The smallest absolute Gasteiger partial charge is 0.164 e. The van der Waals surface area contributed by atoms with E-state index in [9.17, 15) is 8.78 Å². The largest absolute Gasteiger partial charge is 0.353 e. The molecule has 1 aliphatic heterocycles. The van der Waals surface area contributed by atoms with Gasteiger partial charge in [-0.05, 0) is 36.8 Å². The van der Waals surface area contributed by atoms with Gasteiger partial charge in [0.2, 0.25) is 0 Å². The number of aromatic nitrogens is 3. The first-order chi connectivity index (χ1) is 12.6. The Morgan fingerprint density at radius 3 is 2.65 bits per heavy atom. The molecule has 0 spiro atoms. The SMILES string of the molecule is CC1CN(c2ncnc3ncccc23)CCN1Cc1cc(F)cc(F)c1. The van der Waals surface area contributed by atoms with Gasteiger partial charge in [-0.2, -0.15) is 0 Å². The van der Waals surface area contributed by atoms with Crippen LogP contribution in [-0.4, -0.2) is 45.5 Å². The van der Waals surface area contributed by atoms with Crippen LogP contribution in [0.15, 0.2) is 42.9 Å². The zero-order chi connectivity index (χ0) is 18.1. The summed E-state index contributed by atoms with van der Waals surface area (Å²) in [5, 5.41) is 0.933. The maximum atomic E-state index is 13.4. The molecule has 0 radical (unpaired) electrons.